The molecule has 0 aliphatic carbocycles. The number of para-hydroxylation sites is 2. The van der Waals surface area contributed by atoms with Crippen LogP contribution in [0.2, 0.25) is 0 Å². The second kappa shape index (κ2) is 5.93. The Kier molecular flexibility index (Phi) is 3.99. The van der Waals surface area contributed by atoms with E-state index in [1.54, 1.807) is 0 Å². The zero-order valence-electron chi connectivity index (χ0n) is 13.3. The van der Waals surface area contributed by atoms with Crippen molar-refractivity contribution in [1.29, 1.82) is 0 Å². The molecule has 2 N–H and O–H groups in total. The van der Waals surface area contributed by atoms with Crippen LogP contribution in [0, 0.1) is 0 Å². The van der Waals surface area contributed by atoms with Gasteiger partial charge in [0.05, 0.1) is 11.0 Å². The van der Waals surface area contributed by atoms with Crippen LogP contribution in [0.25, 0.3) is 11.0 Å². The van der Waals surface area contributed by atoms with Crippen molar-refractivity contribution in [3.8, 4) is 0 Å². The monoisotopic (exact) mass is 293 g/mol. The lowest BCUT2D eigenvalue weighted by atomic mass is 10.00. The SMILES string of the molecule is CC(C)(N)CCc1nc2ccccc2n1Cc1ccccc1. The van der Waals surface area contributed by atoms with E-state index >= 15 is 0 Å². The van der Waals surface area contributed by atoms with E-state index in [-0.39, 0.29) is 5.54 Å². The molecule has 0 amide bonds. The van der Waals surface area contributed by atoms with Crippen LogP contribution in [-0.4, -0.2) is 15.1 Å². The molecule has 0 aliphatic heterocycles. The smallest absolute Gasteiger partial charge is 0.110 e. The van der Waals surface area contributed by atoms with Gasteiger partial charge in [-0.15, -0.1) is 0 Å². The second-order valence-corrected chi connectivity index (χ2v) is 6.58. The summed E-state index contributed by atoms with van der Waals surface area (Å²) in [4.78, 5) is 4.82. The minimum Gasteiger partial charge on any atom is -0.326 e. The fourth-order valence-electron chi connectivity index (χ4n) is 2.69. The molecular formula is C19H23N3. The number of benzene rings is 2. The van der Waals surface area contributed by atoms with Crippen molar-refractivity contribution in [3.63, 3.8) is 0 Å². The fraction of sp³-hybridized carbons (Fsp3) is 0.316. The highest BCUT2D eigenvalue weighted by molar-refractivity contribution is 5.76. The molecule has 2 aromatic carbocycles. The average molecular weight is 293 g/mol. The van der Waals surface area contributed by atoms with E-state index in [9.17, 15) is 0 Å². The molecule has 0 aliphatic rings. The van der Waals surface area contributed by atoms with Gasteiger partial charge in [-0.3, -0.25) is 0 Å². The third-order valence-electron chi connectivity index (χ3n) is 3.91. The summed E-state index contributed by atoms with van der Waals surface area (Å²) >= 11 is 0. The number of nitrogens with zero attached hydrogens (tertiary/aromatic N) is 2. The summed E-state index contributed by atoms with van der Waals surface area (Å²) in [5.74, 6) is 1.11. The third-order valence-corrected chi connectivity index (χ3v) is 3.91. The predicted molar refractivity (Wildman–Crippen MR) is 91.9 cm³/mol. The van der Waals surface area contributed by atoms with Gasteiger partial charge in [-0.2, -0.15) is 0 Å². The number of hydrogen-bond donors (Lipinski definition) is 1. The van der Waals surface area contributed by atoms with Crippen LogP contribution in [0.15, 0.2) is 54.6 Å². The lowest BCUT2D eigenvalue weighted by Gasteiger charge is -2.18. The van der Waals surface area contributed by atoms with E-state index in [2.05, 4.69) is 60.9 Å². The summed E-state index contributed by atoms with van der Waals surface area (Å²) in [6.45, 7) is 4.98. The molecule has 0 saturated heterocycles. The topological polar surface area (TPSA) is 43.8 Å². The van der Waals surface area contributed by atoms with Gasteiger partial charge in [0.1, 0.15) is 5.82 Å². The summed E-state index contributed by atoms with van der Waals surface area (Å²) < 4.78 is 2.32. The molecule has 0 saturated carbocycles. The van der Waals surface area contributed by atoms with Crippen molar-refractivity contribution in [1.82, 2.24) is 9.55 Å². The first-order chi connectivity index (χ1) is 10.5. The van der Waals surface area contributed by atoms with Gasteiger partial charge < -0.3 is 10.3 Å². The van der Waals surface area contributed by atoms with Gasteiger partial charge in [0, 0.05) is 18.5 Å². The largest absolute Gasteiger partial charge is 0.326 e. The Bertz CT molecular complexity index is 751. The fourth-order valence-corrected chi connectivity index (χ4v) is 2.69. The molecule has 114 valence electrons. The summed E-state index contributed by atoms with van der Waals surface area (Å²) in [7, 11) is 0. The van der Waals surface area contributed by atoms with Gasteiger partial charge in [0.15, 0.2) is 0 Å². The Labute approximate surface area is 131 Å². The molecule has 3 rings (SSSR count). The summed E-state index contributed by atoms with van der Waals surface area (Å²) in [5, 5.41) is 0. The van der Waals surface area contributed by atoms with Crippen LogP contribution in [-0.2, 0) is 13.0 Å². The molecule has 3 nitrogen and oxygen atoms in total. The van der Waals surface area contributed by atoms with E-state index in [1.165, 1.54) is 11.1 Å². The normalized spacial score (nSPS) is 12.0. The summed E-state index contributed by atoms with van der Waals surface area (Å²) in [5.41, 5.74) is 9.51. The van der Waals surface area contributed by atoms with Gasteiger partial charge in [0.2, 0.25) is 0 Å². The standard InChI is InChI=1S/C19H23N3/c1-19(2,20)13-12-18-21-16-10-6-7-11-17(16)22(18)14-15-8-4-3-5-9-15/h3-11H,12-14,20H2,1-2H3. The molecular weight excluding hydrogens is 270 g/mol. The Balaban J connectivity index is 1.97. The molecule has 0 spiro atoms. The number of aromatic nitrogens is 2. The Morgan fingerprint density at radius 1 is 1.00 bits per heavy atom. The maximum atomic E-state index is 6.14. The van der Waals surface area contributed by atoms with Crippen LogP contribution in [0.3, 0.4) is 0 Å². The van der Waals surface area contributed by atoms with Gasteiger partial charge in [-0.25, -0.2) is 4.98 Å². The Morgan fingerprint density at radius 3 is 2.41 bits per heavy atom. The van der Waals surface area contributed by atoms with Crippen molar-refractivity contribution in [2.75, 3.05) is 0 Å². The zero-order valence-corrected chi connectivity index (χ0v) is 13.3. The molecule has 22 heavy (non-hydrogen) atoms. The molecule has 0 fully saturated rings. The maximum absolute atomic E-state index is 6.14. The Morgan fingerprint density at radius 2 is 1.68 bits per heavy atom. The van der Waals surface area contributed by atoms with Crippen molar-refractivity contribution in [3.05, 3.63) is 66.0 Å². The number of rotatable bonds is 5. The van der Waals surface area contributed by atoms with Crippen molar-refractivity contribution < 1.29 is 0 Å². The van der Waals surface area contributed by atoms with Crippen LogP contribution < -0.4 is 5.73 Å². The number of fused-ring (bicyclic) bond motifs is 1. The number of aryl methyl sites for hydroxylation is 1. The summed E-state index contributed by atoms with van der Waals surface area (Å²) in [6, 6.07) is 18.9. The molecule has 0 radical (unpaired) electrons. The van der Waals surface area contributed by atoms with Crippen molar-refractivity contribution in [2.45, 2.75) is 38.8 Å². The molecule has 1 heterocycles. The van der Waals surface area contributed by atoms with Crippen LogP contribution in [0.4, 0.5) is 0 Å². The van der Waals surface area contributed by atoms with Gasteiger partial charge >= 0.3 is 0 Å². The number of hydrogen-bond acceptors (Lipinski definition) is 2. The van der Waals surface area contributed by atoms with Gasteiger partial charge in [-0.05, 0) is 38.0 Å². The predicted octanol–water partition coefficient (Wildman–Crippen LogP) is 3.75. The maximum Gasteiger partial charge on any atom is 0.110 e. The highest BCUT2D eigenvalue weighted by Gasteiger charge is 2.15. The van der Waals surface area contributed by atoms with Crippen molar-refractivity contribution >= 4 is 11.0 Å². The van der Waals surface area contributed by atoms with Crippen molar-refractivity contribution in [2.24, 2.45) is 5.73 Å². The van der Waals surface area contributed by atoms with E-state index in [0.717, 1.165) is 30.7 Å². The lowest BCUT2D eigenvalue weighted by Crippen LogP contribution is -2.32. The minimum atomic E-state index is -0.171. The third kappa shape index (κ3) is 3.37. The van der Waals surface area contributed by atoms with Crippen LogP contribution >= 0.6 is 0 Å². The van der Waals surface area contributed by atoms with Crippen LogP contribution in [0.5, 0.6) is 0 Å². The highest BCUT2D eigenvalue weighted by atomic mass is 15.1. The molecule has 1 aromatic heterocycles. The van der Waals surface area contributed by atoms with Gasteiger partial charge in [-0.1, -0.05) is 42.5 Å². The number of nitrogens with two attached hydrogens (primary N) is 1. The Hall–Kier alpha value is -2.13. The van der Waals surface area contributed by atoms with E-state index < -0.39 is 0 Å². The molecule has 3 aromatic rings. The summed E-state index contributed by atoms with van der Waals surface area (Å²) in [6.07, 6.45) is 1.82. The van der Waals surface area contributed by atoms with E-state index in [4.69, 9.17) is 10.7 Å². The molecule has 0 unspecified atom stereocenters. The molecule has 0 bridgehead atoms. The first kappa shape index (κ1) is 14.8. The zero-order chi connectivity index (χ0) is 15.6. The molecule has 0 atom stereocenters. The quantitative estimate of drug-likeness (QED) is 0.778. The number of imidazole rings is 1. The van der Waals surface area contributed by atoms with Crippen LogP contribution in [0.1, 0.15) is 31.7 Å². The average Bonchev–Trinajstić information content (AvgIpc) is 2.84. The minimum absolute atomic E-state index is 0.171. The first-order valence-electron chi connectivity index (χ1n) is 7.80. The molecule has 3 heteroatoms. The second-order valence-electron chi connectivity index (χ2n) is 6.58. The first-order valence-corrected chi connectivity index (χ1v) is 7.80. The van der Waals surface area contributed by atoms with E-state index in [1.807, 2.05) is 12.1 Å². The van der Waals surface area contributed by atoms with Gasteiger partial charge in [0.25, 0.3) is 0 Å². The lowest BCUT2D eigenvalue weighted by molar-refractivity contribution is 0.467. The highest BCUT2D eigenvalue weighted by Crippen LogP contribution is 2.20. The van der Waals surface area contributed by atoms with E-state index in [0.29, 0.717) is 0 Å².